The van der Waals surface area contributed by atoms with Gasteiger partial charge in [0.2, 0.25) is 0 Å². The molecule has 2 unspecified atom stereocenters. The van der Waals surface area contributed by atoms with E-state index in [0.717, 1.165) is 36.2 Å². The smallest absolute Gasteiger partial charge is 0.316 e. The highest BCUT2D eigenvalue weighted by molar-refractivity contribution is 5.69. The third kappa shape index (κ3) is 6.11. The fraction of sp³-hybridized carbons (Fsp3) is 0.538. The van der Waals surface area contributed by atoms with Gasteiger partial charge in [-0.2, -0.15) is 4.98 Å². The van der Waals surface area contributed by atoms with Crippen molar-refractivity contribution in [2.75, 3.05) is 34.0 Å². The molecule has 3 heterocycles. The molecular weight excluding hydrogens is 460 g/mol. The normalized spacial score (nSPS) is 20.8. The standard InChI is InChI=1S/C26H36N6O4/c1-16-20(19-11-17(13-35-14-19)12-24(33)34-3)7-8-22(30-16)25(27)23(32(2)28)15-36-26-29-10-9-21(31-26)18-5-4-6-18/h7-10,17-19H,4-6,11-15,27-28H2,1-3H3/b25-23-. The molecule has 10 heteroatoms. The first-order valence-corrected chi connectivity index (χ1v) is 12.4. The highest BCUT2D eigenvalue weighted by atomic mass is 16.5. The molecule has 4 N–H and O–H groups in total. The summed E-state index contributed by atoms with van der Waals surface area (Å²) in [5.41, 5.74) is 11.1. The zero-order valence-corrected chi connectivity index (χ0v) is 21.3. The zero-order valence-electron chi connectivity index (χ0n) is 21.3. The monoisotopic (exact) mass is 496 g/mol. The molecule has 2 aromatic heterocycles. The molecule has 4 rings (SSSR count). The summed E-state index contributed by atoms with van der Waals surface area (Å²) in [6.45, 7) is 3.22. The minimum absolute atomic E-state index is 0.112. The van der Waals surface area contributed by atoms with Crippen molar-refractivity contribution in [2.45, 2.75) is 50.9 Å². The van der Waals surface area contributed by atoms with Crippen LogP contribution in [-0.2, 0) is 14.3 Å². The molecule has 0 bridgehead atoms. The second kappa shape index (κ2) is 11.7. The Morgan fingerprint density at radius 3 is 2.67 bits per heavy atom. The van der Waals surface area contributed by atoms with Gasteiger partial charge in [-0.05, 0) is 49.8 Å². The van der Waals surface area contributed by atoms with E-state index in [9.17, 15) is 4.79 Å². The van der Waals surface area contributed by atoms with E-state index in [-0.39, 0.29) is 24.4 Å². The maximum Gasteiger partial charge on any atom is 0.316 e. The minimum Gasteiger partial charge on any atom is -0.469 e. The molecule has 2 fully saturated rings. The Hall–Kier alpha value is -3.24. The van der Waals surface area contributed by atoms with Crippen molar-refractivity contribution in [3.63, 3.8) is 0 Å². The molecule has 2 aromatic rings. The van der Waals surface area contributed by atoms with Crippen LogP contribution < -0.4 is 16.3 Å². The molecule has 2 atom stereocenters. The van der Waals surface area contributed by atoms with Crippen molar-refractivity contribution >= 4 is 11.7 Å². The number of nitrogens with zero attached hydrogens (tertiary/aromatic N) is 4. The van der Waals surface area contributed by atoms with Gasteiger partial charge in [0.1, 0.15) is 6.61 Å². The molecule has 1 aliphatic heterocycles. The lowest BCUT2D eigenvalue weighted by atomic mass is 9.83. The summed E-state index contributed by atoms with van der Waals surface area (Å²) in [7, 11) is 3.12. The Labute approximate surface area is 212 Å². The minimum atomic E-state index is -0.215. The van der Waals surface area contributed by atoms with Crippen molar-refractivity contribution in [3.05, 3.63) is 52.7 Å². The maximum absolute atomic E-state index is 11.7. The molecule has 0 aromatic carbocycles. The van der Waals surface area contributed by atoms with Gasteiger partial charge >= 0.3 is 12.0 Å². The Kier molecular flexibility index (Phi) is 8.37. The van der Waals surface area contributed by atoms with Crippen LogP contribution in [0.5, 0.6) is 6.01 Å². The number of aryl methyl sites for hydroxylation is 1. The number of carbonyl (C=O) groups excluding carboxylic acids is 1. The van der Waals surface area contributed by atoms with Crippen LogP contribution in [0.25, 0.3) is 5.70 Å². The van der Waals surface area contributed by atoms with Crippen LogP contribution in [-0.4, -0.2) is 59.9 Å². The topological polar surface area (TPSA) is 139 Å². The molecule has 10 nitrogen and oxygen atoms in total. The summed E-state index contributed by atoms with van der Waals surface area (Å²) in [6.07, 6.45) is 6.46. The number of esters is 1. The number of aromatic nitrogens is 3. The van der Waals surface area contributed by atoms with Crippen LogP contribution in [0.1, 0.15) is 66.6 Å². The summed E-state index contributed by atoms with van der Waals surface area (Å²) in [5.74, 6) is 6.64. The summed E-state index contributed by atoms with van der Waals surface area (Å²) >= 11 is 0. The molecule has 0 spiro atoms. The lowest BCUT2D eigenvalue weighted by Gasteiger charge is -2.30. The van der Waals surface area contributed by atoms with E-state index >= 15 is 0 Å². The number of ether oxygens (including phenoxy) is 3. The Morgan fingerprint density at radius 1 is 1.19 bits per heavy atom. The van der Waals surface area contributed by atoms with Gasteiger partial charge in [-0.15, -0.1) is 0 Å². The Balaban J connectivity index is 1.47. The summed E-state index contributed by atoms with van der Waals surface area (Å²) in [4.78, 5) is 25.2. The molecule has 1 saturated carbocycles. The number of rotatable bonds is 9. The van der Waals surface area contributed by atoms with E-state index in [4.69, 9.17) is 30.8 Å². The average molecular weight is 497 g/mol. The van der Waals surface area contributed by atoms with E-state index in [1.165, 1.54) is 18.5 Å². The number of pyridine rings is 1. The molecule has 2 aliphatic rings. The van der Waals surface area contributed by atoms with Crippen LogP contribution in [0.15, 0.2) is 30.1 Å². The second-order valence-corrected chi connectivity index (χ2v) is 9.64. The van der Waals surface area contributed by atoms with Gasteiger partial charge in [0.25, 0.3) is 0 Å². The van der Waals surface area contributed by atoms with Gasteiger partial charge in [0.15, 0.2) is 0 Å². The quantitative estimate of drug-likeness (QED) is 0.302. The van der Waals surface area contributed by atoms with Crippen LogP contribution in [0.3, 0.4) is 0 Å². The summed E-state index contributed by atoms with van der Waals surface area (Å²) < 4.78 is 16.5. The van der Waals surface area contributed by atoms with Gasteiger partial charge in [-0.3, -0.25) is 9.78 Å². The number of carbonyl (C=O) groups is 1. The lowest BCUT2D eigenvalue weighted by Crippen LogP contribution is -2.31. The molecule has 0 radical (unpaired) electrons. The summed E-state index contributed by atoms with van der Waals surface area (Å²) in [5, 5.41) is 1.43. The Bertz CT molecular complexity index is 1100. The van der Waals surface area contributed by atoms with Crippen LogP contribution in [0.2, 0.25) is 0 Å². The fourth-order valence-corrected chi connectivity index (χ4v) is 4.75. The first kappa shape index (κ1) is 25.8. The largest absolute Gasteiger partial charge is 0.469 e. The lowest BCUT2D eigenvalue weighted by molar-refractivity contribution is -0.143. The van der Waals surface area contributed by atoms with E-state index in [0.29, 0.717) is 48.7 Å². The van der Waals surface area contributed by atoms with Crippen molar-refractivity contribution < 1.29 is 19.0 Å². The van der Waals surface area contributed by atoms with Crippen LogP contribution in [0, 0.1) is 12.8 Å². The maximum atomic E-state index is 11.7. The third-order valence-electron chi connectivity index (χ3n) is 7.07. The van der Waals surface area contributed by atoms with Crippen molar-refractivity contribution in [2.24, 2.45) is 17.5 Å². The number of hydrogen-bond acceptors (Lipinski definition) is 10. The molecule has 0 amide bonds. The van der Waals surface area contributed by atoms with Gasteiger partial charge in [0.05, 0.1) is 42.9 Å². The SMILES string of the molecule is COC(=O)CC1COCC(c2ccc(/C(N)=C(\COc3nccc(C4CCC4)n3)N(C)N)nc2C)C1. The number of methoxy groups -OCH3 is 1. The first-order chi connectivity index (χ1) is 17.4. The molecule has 36 heavy (non-hydrogen) atoms. The molecule has 1 aliphatic carbocycles. The van der Waals surface area contributed by atoms with Crippen LogP contribution >= 0.6 is 0 Å². The van der Waals surface area contributed by atoms with Crippen LogP contribution in [0.4, 0.5) is 0 Å². The van der Waals surface area contributed by atoms with Gasteiger partial charge in [-0.25, -0.2) is 10.8 Å². The fourth-order valence-electron chi connectivity index (χ4n) is 4.75. The Morgan fingerprint density at radius 2 is 2.00 bits per heavy atom. The van der Waals surface area contributed by atoms with Crippen molar-refractivity contribution in [3.8, 4) is 6.01 Å². The number of hydrogen-bond donors (Lipinski definition) is 2. The summed E-state index contributed by atoms with van der Waals surface area (Å²) in [6, 6.07) is 6.17. The van der Waals surface area contributed by atoms with E-state index in [2.05, 4.69) is 9.97 Å². The molecule has 194 valence electrons. The van der Waals surface area contributed by atoms with Crippen molar-refractivity contribution in [1.82, 2.24) is 20.0 Å². The molecule has 1 saturated heterocycles. The van der Waals surface area contributed by atoms with E-state index in [1.54, 1.807) is 13.2 Å². The van der Waals surface area contributed by atoms with Gasteiger partial charge in [0, 0.05) is 37.4 Å². The predicted molar refractivity (Wildman–Crippen MR) is 134 cm³/mol. The van der Waals surface area contributed by atoms with Gasteiger partial charge in [-0.1, -0.05) is 12.5 Å². The highest BCUT2D eigenvalue weighted by Crippen LogP contribution is 2.35. The highest BCUT2D eigenvalue weighted by Gasteiger charge is 2.28. The van der Waals surface area contributed by atoms with E-state index in [1.807, 2.05) is 25.1 Å². The third-order valence-corrected chi connectivity index (χ3v) is 7.07. The second-order valence-electron chi connectivity index (χ2n) is 9.64. The average Bonchev–Trinajstić information content (AvgIpc) is 2.83. The van der Waals surface area contributed by atoms with Gasteiger partial charge < -0.3 is 25.0 Å². The predicted octanol–water partition coefficient (Wildman–Crippen LogP) is 2.64. The molecular formula is C26H36N6O4. The number of likely N-dealkylation sites (N-methyl/N-ethyl adjacent to an activating group) is 1. The first-order valence-electron chi connectivity index (χ1n) is 12.4. The van der Waals surface area contributed by atoms with Crippen molar-refractivity contribution in [1.29, 1.82) is 0 Å². The zero-order chi connectivity index (χ0) is 25.7. The number of nitrogens with two attached hydrogens (primary N) is 2. The number of hydrazine groups is 1. The van der Waals surface area contributed by atoms with E-state index < -0.39 is 0 Å².